The topological polar surface area (TPSA) is 66.6 Å². The molecule has 2 amide bonds. The summed E-state index contributed by atoms with van der Waals surface area (Å²) >= 11 is 0. The number of hydrogen-bond donors (Lipinski definition) is 2. The monoisotopic (exact) mass is 278 g/mol. The molecule has 0 unspecified atom stereocenters. The Balaban J connectivity index is 2.39. The van der Waals surface area contributed by atoms with E-state index in [1.807, 2.05) is 44.2 Å². The highest BCUT2D eigenvalue weighted by Crippen LogP contribution is 2.21. The fraction of sp³-hybridized carbons (Fsp3) is 0.562. The van der Waals surface area contributed by atoms with Gasteiger partial charge in [0, 0.05) is 19.7 Å². The van der Waals surface area contributed by atoms with Gasteiger partial charge in [-0.2, -0.15) is 0 Å². The van der Waals surface area contributed by atoms with Gasteiger partial charge in [0.15, 0.2) is 0 Å². The van der Waals surface area contributed by atoms with Crippen molar-refractivity contribution in [2.24, 2.45) is 11.1 Å². The summed E-state index contributed by atoms with van der Waals surface area (Å²) < 4.78 is 0. The first-order chi connectivity index (χ1) is 9.44. The first-order valence-electron chi connectivity index (χ1n) is 7.14. The van der Waals surface area contributed by atoms with E-state index in [0.29, 0.717) is 13.1 Å². The van der Waals surface area contributed by atoms with Crippen LogP contribution < -0.4 is 5.73 Å². The average Bonchev–Trinajstić information content (AvgIpc) is 2.43. The maximum absolute atomic E-state index is 11.4. The number of amides is 2. The van der Waals surface area contributed by atoms with E-state index in [4.69, 9.17) is 5.73 Å². The van der Waals surface area contributed by atoms with Gasteiger partial charge in [-0.15, -0.1) is 0 Å². The molecule has 3 N–H and O–H groups in total. The molecule has 1 aromatic carbocycles. The number of aliphatic hydroxyl groups is 1. The number of urea groups is 1. The van der Waals surface area contributed by atoms with Gasteiger partial charge in [0.1, 0.15) is 0 Å². The van der Waals surface area contributed by atoms with Gasteiger partial charge in [0.25, 0.3) is 0 Å². The van der Waals surface area contributed by atoms with Gasteiger partial charge in [0.2, 0.25) is 0 Å². The molecule has 0 aromatic heterocycles. The number of primary amides is 1. The summed E-state index contributed by atoms with van der Waals surface area (Å²) in [4.78, 5) is 13.1. The van der Waals surface area contributed by atoms with Crippen molar-refractivity contribution in [2.45, 2.75) is 33.1 Å². The van der Waals surface area contributed by atoms with Crippen molar-refractivity contribution < 1.29 is 9.90 Å². The molecule has 0 aliphatic carbocycles. The van der Waals surface area contributed by atoms with Crippen LogP contribution >= 0.6 is 0 Å². The number of aliphatic hydroxyl groups excluding tert-OH is 1. The molecule has 4 nitrogen and oxygen atoms in total. The minimum absolute atomic E-state index is 0.0945. The predicted octanol–water partition coefficient (Wildman–Crippen LogP) is 2.41. The lowest BCUT2D eigenvalue weighted by Gasteiger charge is -2.25. The maximum Gasteiger partial charge on any atom is 0.314 e. The van der Waals surface area contributed by atoms with E-state index in [1.54, 1.807) is 4.90 Å². The average molecular weight is 278 g/mol. The van der Waals surface area contributed by atoms with Crippen LogP contribution in [-0.2, 0) is 6.42 Å². The molecular formula is C16H26N2O2. The Labute approximate surface area is 121 Å². The molecule has 0 saturated carbocycles. The van der Waals surface area contributed by atoms with Crippen molar-refractivity contribution in [3.63, 3.8) is 0 Å². The summed E-state index contributed by atoms with van der Waals surface area (Å²) in [6.45, 7) is 5.48. The van der Waals surface area contributed by atoms with Gasteiger partial charge in [-0.3, -0.25) is 0 Å². The number of benzene rings is 1. The fourth-order valence-corrected chi connectivity index (χ4v) is 2.07. The Morgan fingerprint density at radius 1 is 1.25 bits per heavy atom. The number of rotatable bonds is 8. The summed E-state index contributed by atoms with van der Waals surface area (Å²) in [6.07, 6.45) is 2.54. The van der Waals surface area contributed by atoms with Gasteiger partial charge in [-0.1, -0.05) is 44.2 Å². The molecule has 0 aliphatic heterocycles. The van der Waals surface area contributed by atoms with Crippen LogP contribution in [0.2, 0.25) is 0 Å². The van der Waals surface area contributed by atoms with Crippen molar-refractivity contribution in [3.8, 4) is 0 Å². The van der Waals surface area contributed by atoms with Crippen molar-refractivity contribution in [1.82, 2.24) is 4.90 Å². The van der Waals surface area contributed by atoms with E-state index in [1.165, 1.54) is 5.56 Å². The van der Waals surface area contributed by atoms with Gasteiger partial charge >= 0.3 is 6.03 Å². The first-order valence-corrected chi connectivity index (χ1v) is 7.14. The Bertz CT molecular complexity index is 404. The normalized spacial score (nSPS) is 11.3. The molecule has 1 aromatic rings. The van der Waals surface area contributed by atoms with Crippen LogP contribution in [0.1, 0.15) is 32.3 Å². The summed E-state index contributed by atoms with van der Waals surface area (Å²) in [5.41, 5.74) is 6.53. The molecule has 1 rings (SSSR count). The summed E-state index contributed by atoms with van der Waals surface area (Å²) in [6, 6.07) is 9.69. The van der Waals surface area contributed by atoms with Crippen molar-refractivity contribution in [3.05, 3.63) is 35.9 Å². The molecule has 0 heterocycles. The van der Waals surface area contributed by atoms with Crippen LogP contribution in [0.15, 0.2) is 30.3 Å². The van der Waals surface area contributed by atoms with Crippen LogP contribution in [0.25, 0.3) is 0 Å². The third-order valence-corrected chi connectivity index (χ3v) is 3.53. The highest BCUT2D eigenvalue weighted by atomic mass is 16.3. The SMILES string of the molecule is CC(C)(CO)CCCN(CCc1ccccc1)C(N)=O. The summed E-state index contributed by atoms with van der Waals surface area (Å²) in [5, 5.41) is 9.22. The van der Waals surface area contributed by atoms with Gasteiger partial charge < -0.3 is 15.7 Å². The molecule has 0 spiro atoms. The largest absolute Gasteiger partial charge is 0.396 e. The van der Waals surface area contributed by atoms with Crippen LogP contribution in [0.4, 0.5) is 4.79 Å². The molecule has 20 heavy (non-hydrogen) atoms. The smallest absolute Gasteiger partial charge is 0.314 e. The quantitative estimate of drug-likeness (QED) is 0.767. The van der Waals surface area contributed by atoms with E-state index in [9.17, 15) is 9.90 Å². The molecule has 0 radical (unpaired) electrons. The van der Waals surface area contributed by atoms with Crippen LogP contribution in [0.3, 0.4) is 0 Å². The predicted molar refractivity (Wildman–Crippen MR) is 81.4 cm³/mol. The zero-order chi connectivity index (χ0) is 15.0. The third-order valence-electron chi connectivity index (χ3n) is 3.53. The number of hydrogen-bond acceptors (Lipinski definition) is 2. The zero-order valence-electron chi connectivity index (χ0n) is 12.5. The maximum atomic E-state index is 11.4. The van der Waals surface area contributed by atoms with Crippen LogP contribution in [0.5, 0.6) is 0 Å². The Morgan fingerprint density at radius 3 is 2.45 bits per heavy atom. The van der Waals surface area contributed by atoms with Gasteiger partial charge in [-0.05, 0) is 30.2 Å². The van der Waals surface area contributed by atoms with Crippen molar-refractivity contribution in [2.75, 3.05) is 19.7 Å². The number of carbonyl (C=O) groups is 1. The summed E-state index contributed by atoms with van der Waals surface area (Å²) in [5.74, 6) is 0. The highest BCUT2D eigenvalue weighted by Gasteiger charge is 2.17. The second-order valence-corrected chi connectivity index (χ2v) is 5.99. The fourth-order valence-electron chi connectivity index (χ4n) is 2.07. The number of nitrogens with two attached hydrogens (primary N) is 1. The highest BCUT2D eigenvalue weighted by molar-refractivity contribution is 5.71. The zero-order valence-corrected chi connectivity index (χ0v) is 12.5. The second kappa shape index (κ2) is 7.90. The lowest BCUT2D eigenvalue weighted by atomic mass is 9.89. The van der Waals surface area contributed by atoms with Gasteiger partial charge in [-0.25, -0.2) is 4.79 Å². The Morgan fingerprint density at radius 2 is 1.90 bits per heavy atom. The lowest BCUT2D eigenvalue weighted by molar-refractivity contribution is 0.142. The molecule has 0 saturated heterocycles. The van der Waals surface area contributed by atoms with Gasteiger partial charge in [0.05, 0.1) is 0 Å². The first kappa shape index (κ1) is 16.5. The molecule has 4 heteroatoms. The number of nitrogens with zero attached hydrogens (tertiary/aromatic N) is 1. The molecule has 0 aliphatic rings. The molecule has 0 atom stereocenters. The van der Waals surface area contributed by atoms with E-state index in [0.717, 1.165) is 19.3 Å². The van der Waals surface area contributed by atoms with E-state index in [-0.39, 0.29) is 18.1 Å². The Kier molecular flexibility index (Phi) is 6.52. The standard InChI is InChI=1S/C16H26N2O2/c1-16(2,13-19)10-6-11-18(15(17)20)12-9-14-7-4-3-5-8-14/h3-5,7-8,19H,6,9-13H2,1-2H3,(H2,17,20). The van der Waals surface area contributed by atoms with E-state index >= 15 is 0 Å². The van der Waals surface area contributed by atoms with Crippen molar-refractivity contribution >= 4 is 6.03 Å². The molecule has 0 bridgehead atoms. The summed E-state index contributed by atoms with van der Waals surface area (Å²) in [7, 11) is 0. The minimum Gasteiger partial charge on any atom is -0.396 e. The Hall–Kier alpha value is -1.55. The molecule has 0 fully saturated rings. The van der Waals surface area contributed by atoms with Crippen molar-refractivity contribution in [1.29, 1.82) is 0 Å². The minimum atomic E-state index is -0.372. The molecular weight excluding hydrogens is 252 g/mol. The van der Waals surface area contributed by atoms with E-state index in [2.05, 4.69) is 0 Å². The van der Waals surface area contributed by atoms with Crippen LogP contribution in [0, 0.1) is 5.41 Å². The van der Waals surface area contributed by atoms with Crippen LogP contribution in [-0.4, -0.2) is 35.7 Å². The third kappa shape index (κ3) is 6.06. The number of carbonyl (C=O) groups excluding carboxylic acids is 1. The second-order valence-electron chi connectivity index (χ2n) is 5.99. The lowest BCUT2D eigenvalue weighted by Crippen LogP contribution is -2.38. The van der Waals surface area contributed by atoms with E-state index < -0.39 is 0 Å². The molecule has 112 valence electrons.